The minimum atomic E-state index is -0.327. The maximum atomic E-state index is 11.9. The van der Waals surface area contributed by atoms with Gasteiger partial charge in [0.05, 0.1) is 5.56 Å². The molecule has 17 heavy (non-hydrogen) atoms. The van der Waals surface area contributed by atoms with Crippen molar-refractivity contribution in [3.05, 3.63) is 28.8 Å². The molecule has 4 nitrogen and oxygen atoms in total. The summed E-state index contributed by atoms with van der Waals surface area (Å²) < 4.78 is 0. The number of phenolic OH excluding ortho intramolecular Hbond substituents is 1. The lowest BCUT2D eigenvalue weighted by Gasteiger charge is -2.17. The summed E-state index contributed by atoms with van der Waals surface area (Å²) in [4.78, 5) is 11.9. The molecule has 5 heteroatoms. The van der Waals surface area contributed by atoms with E-state index in [0.29, 0.717) is 5.02 Å². The summed E-state index contributed by atoms with van der Waals surface area (Å²) in [5, 5.41) is 12.8. The van der Waals surface area contributed by atoms with Crippen molar-refractivity contribution < 1.29 is 9.90 Å². The molecule has 0 saturated heterocycles. The van der Waals surface area contributed by atoms with Crippen LogP contribution in [0.15, 0.2) is 18.2 Å². The number of rotatable bonds is 2. The summed E-state index contributed by atoms with van der Waals surface area (Å²) in [5.74, 6) is -0.397. The van der Waals surface area contributed by atoms with Crippen molar-refractivity contribution in [2.24, 2.45) is 5.73 Å². The molecule has 1 fully saturated rings. The first-order chi connectivity index (χ1) is 8.08. The molecule has 92 valence electrons. The van der Waals surface area contributed by atoms with E-state index in [1.807, 2.05) is 0 Å². The lowest BCUT2D eigenvalue weighted by molar-refractivity contribution is 0.0932. The van der Waals surface area contributed by atoms with Crippen LogP contribution in [0.3, 0.4) is 0 Å². The Morgan fingerprint density at radius 1 is 1.47 bits per heavy atom. The predicted octanol–water partition coefficient (Wildman–Crippen LogP) is 1.66. The van der Waals surface area contributed by atoms with Crippen LogP contribution in [0.5, 0.6) is 5.75 Å². The topological polar surface area (TPSA) is 75.3 Å². The Labute approximate surface area is 105 Å². The minimum Gasteiger partial charge on any atom is -0.507 e. The molecular weight excluding hydrogens is 240 g/mol. The van der Waals surface area contributed by atoms with Gasteiger partial charge in [0.1, 0.15) is 5.75 Å². The van der Waals surface area contributed by atoms with Crippen molar-refractivity contribution in [2.45, 2.75) is 31.3 Å². The second kappa shape index (κ2) is 4.94. The molecule has 0 bridgehead atoms. The van der Waals surface area contributed by atoms with Gasteiger partial charge in [0.25, 0.3) is 5.91 Å². The van der Waals surface area contributed by atoms with Crippen LogP contribution < -0.4 is 11.1 Å². The van der Waals surface area contributed by atoms with E-state index in [-0.39, 0.29) is 29.3 Å². The normalized spacial score (nSPS) is 23.6. The molecule has 0 radical (unpaired) electrons. The van der Waals surface area contributed by atoms with Crippen molar-refractivity contribution in [2.75, 3.05) is 0 Å². The molecular formula is C12H15ClN2O2. The van der Waals surface area contributed by atoms with E-state index in [0.717, 1.165) is 19.3 Å². The molecule has 1 aromatic rings. The summed E-state index contributed by atoms with van der Waals surface area (Å²) in [6, 6.07) is 4.38. The van der Waals surface area contributed by atoms with Gasteiger partial charge < -0.3 is 16.2 Å². The monoisotopic (exact) mass is 254 g/mol. The Balaban J connectivity index is 2.11. The maximum absolute atomic E-state index is 11.9. The number of carbonyl (C=O) groups excluding carboxylic acids is 1. The fourth-order valence-corrected chi connectivity index (χ4v) is 2.28. The van der Waals surface area contributed by atoms with Crippen LogP contribution in [0.1, 0.15) is 29.6 Å². The van der Waals surface area contributed by atoms with Gasteiger partial charge in [-0.1, -0.05) is 11.6 Å². The smallest absolute Gasteiger partial charge is 0.255 e. The lowest BCUT2D eigenvalue weighted by Crippen LogP contribution is -2.43. The van der Waals surface area contributed by atoms with Gasteiger partial charge in [-0.2, -0.15) is 0 Å². The van der Waals surface area contributed by atoms with Gasteiger partial charge in [0.15, 0.2) is 0 Å². The second-order valence-corrected chi connectivity index (χ2v) is 4.77. The van der Waals surface area contributed by atoms with E-state index in [2.05, 4.69) is 5.32 Å². The summed E-state index contributed by atoms with van der Waals surface area (Å²) in [5.41, 5.74) is 6.06. The quantitative estimate of drug-likeness (QED) is 0.751. The average molecular weight is 255 g/mol. The third-order valence-corrected chi connectivity index (χ3v) is 3.32. The number of nitrogens with one attached hydrogen (secondary N) is 1. The highest BCUT2D eigenvalue weighted by molar-refractivity contribution is 6.31. The third-order valence-electron chi connectivity index (χ3n) is 3.09. The molecule has 0 spiro atoms. The van der Waals surface area contributed by atoms with Crippen LogP contribution >= 0.6 is 11.6 Å². The number of hydrogen-bond donors (Lipinski definition) is 3. The number of halogens is 1. The highest BCUT2D eigenvalue weighted by atomic mass is 35.5. The standard InChI is InChI=1S/C12H15ClN2O2/c13-7-4-5-11(16)8(6-7)12(17)15-10-3-1-2-9(10)14/h4-6,9-10,16H,1-3,14H2,(H,15,17). The number of nitrogens with two attached hydrogens (primary N) is 1. The van der Waals surface area contributed by atoms with Crippen LogP contribution in [-0.4, -0.2) is 23.1 Å². The van der Waals surface area contributed by atoms with E-state index < -0.39 is 0 Å². The number of amides is 1. The molecule has 2 atom stereocenters. The number of carbonyl (C=O) groups is 1. The summed E-state index contributed by atoms with van der Waals surface area (Å²) >= 11 is 5.79. The first-order valence-corrected chi connectivity index (χ1v) is 6.00. The average Bonchev–Trinajstić information content (AvgIpc) is 2.68. The Morgan fingerprint density at radius 3 is 2.88 bits per heavy atom. The van der Waals surface area contributed by atoms with E-state index >= 15 is 0 Å². The van der Waals surface area contributed by atoms with Gasteiger partial charge in [-0.25, -0.2) is 0 Å². The van der Waals surface area contributed by atoms with Crippen LogP contribution in [0.25, 0.3) is 0 Å². The van der Waals surface area contributed by atoms with Crippen molar-refractivity contribution >= 4 is 17.5 Å². The fourth-order valence-electron chi connectivity index (χ4n) is 2.10. The van der Waals surface area contributed by atoms with Gasteiger partial charge in [0.2, 0.25) is 0 Å². The lowest BCUT2D eigenvalue weighted by atomic mass is 10.1. The zero-order chi connectivity index (χ0) is 12.4. The number of benzene rings is 1. The van der Waals surface area contributed by atoms with Crippen LogP contribution in [-0.2, 0) is 0 Å². The Hall–Kier alpha value is -1.26. The molecule has 1 amide bonds. The predicted molar refractivity (Wildman–Crippen MR) is 66.2 cm³/mol. The molecule has 2 rings (SSSR count). The summed E-state index contributed by atoms with van der Waals surface area (Å²) in [6.45, 7) is 0. The van der Waals surface area contributed by atoms with Crippen LogP contribution in [0.2, 0.25) is 5.02 Å². The SMILES string of the molecule is NC1CCCC1NC(=O)c1cc(Cl)ccc1O. The van der Waals surface area contributed by atoms with Crippen molar-refractivity contribution in [1.82, 2.24) is 5.32 Å². The van der Waals surface area contributed by atoms with E-state index in [9.17, 15) is 9.90 Å². The summed E-state index contributed by atoms with van der Waals surface area (Å²) in [7, 11) is 0. The molecule has 1 aromatic carbocycles. The maximum Gasteiger partial charge on any atom is 0.255 e. The first-order valence-electron chi connectivity index (χ1n) is 5.63. The van der Waals surface area contributed by atoms with E-state index in [1.54, 1.807) is 0 Å². The molecule has 2 unspecified atom stereocenters. The molecule has 4 N–H and O–H groups in total. The first kappa shape index (κ1) is 12.2. The van der Waals surface area contributed by atoms with Crippen molar-refractivity contribution in [3.63, 3.8) is 0 Å². The second-order valence-electron chi connectivity index (χ2n) is 4.34. The third kappa shape index (κ3) is 2.70. The molecule has 0 aromatic heterocycles. The Kier molecular flexibility index (Phi) is 3.54. The van der Waals surface area contributed by atoms with Crippen molar-refractivity contribution in [3.8, 4) is 5.75 Å². The van der Waals surface area contributed by atoms with Crippen molar-refractivity contribution in [1.29, 1.82) is 0 Å². The highest BCUT2D eigenvalue weighted by Crippen LogP contribution is 2.23. The molecule has 1 saturated carbocycles. The number of hydrogen-bond acceptors (Lipinski definition) is 3. The fraction of sp³-hybridized carbons (Fsp3) is 0.417. The molecule has 1 aliphatic carbocycles. The van der Waals surface area contributed by atoms with E-state index in [1.165, 1.54) is 18.2 Å². The molecule has 0 aliphatic heterocycles. The summed E-state index contributed by atoms with van der Waals surface area (Å²) in [6.07, 6.45) is 2.83. The van der Waals surface area contributed by atoms with Gasteiger partial charge in [0, 0.05) is 17.1 Å². The number of phenols is 1. The van der Waals surface area contributed by atoms with Crippen LogP contribution in [0.4, 0.5) is 0 Å². The van der Waals surface area contributed by atoms with Gasteiger partial charge in [-0.15, -0.1) is 0 Å². The Morgan fingerprint density at radius 2 is 2.24 bits per heavy atom. The minimum absolute atomic E-state index is 0.000257. The largest absolute Gasteiger partial charge is 0.507 e. The van der Waals surface area contributed by atoms with Gasteiger partial charge in [-0.05, 0) is 37.5 Å². The Bertz CT molecular complexity index is 437. The number of aromatic hydroxyl groups is 1. The zero-order valence-corrected chi connectivity index (χ0v) is 10.1. The molecule has 0 heterocycles. The highest BCUT2D eigenvalue weighted by Gasteiger charge is 2.26. The van der Waals surface area contributed by atoms with Gasteiger partial charge >= 0.3 is 0 Å². The van der Waals surface area contributed by atoms with Crippen LogP contribution in [0, 0.1) is 0 Å². The van der Waals surface area contributed by atoms with E-state index in [4.69, 9.17) is 17.3 Å². The van der Waals surface area contributed by atoms with Gasteiger partial charge in [-0.3, -0.25) is 4.79 Å². The zero-order valence-electron chi connectivity index (χ0n) is 9.32. The molecule has 1 aliphatic rings.